The second kappa shape index (κ2) is 17.6. The minimum atomic E-state index is -0.590. The van der Waals surface area contributed by atoms with Crippen molar-refractivity contribution in [2.75, 3.05) is 0 Å². The molecule has 0 saturated carbocycles. The van der Waals surface area contributed by atoms with Crippen LogP contribution in [0, 0.1) is 18.5 Å². The van der Waals surface area contributed by atoms with Gasteiger partial charge in [-0.2, -0.15) is 18.2 Å². The van der Waals surface area contributed by atoms with Gasteiger partial charge < -0.3 is 18.3 Å². The summed E-state index contributed by atoms with van der Waals surface area (Å²) >= 11 is 0. The molecular weight excluding hydrogens is 1050 g/mol. The summed E-state index contributed by atoms with van der Waals surface area (Å²) in [5.41, 5.74) is 7.24. The molecule has 0 fully saturated rings. The summed E-state index contributed by atoms with van der Waals surface area (Å²) in [6, 6.07) is 47.5. The number of para-hydroxylation sites is 2. The van der Waals surface area contributed by atoms with Crippen LogP contribution in [0.15, 0.2) is 217 Å². The summed E-state index contributed by atoms with van der Waals surface area (Å²) in [6.07, 6.45) is 5.33. The molecule has 0 atom stereocenters. The van der Waals surface area contributed by atoms with Crippen LogP contribution in [0.3, 0.4) is 0 Å². The third-order valence-corrected chi connectivity index (χ3v) is 12.8. The molecule has 0 N–H and O–H groups in total. The largest absolute Gasteiger partial charge is 0.510 e. The van der Waals surface area contributed by atoms with E-state index in [1.165, 1.54) is 0 Å². The van der Waals surface area contributed by atoms with E-state index in [1.54, 1.807) is 33.4 Å². The monoisotopic (exact) mass is 1110 g/mol. The van der Waals surface area contributed by atoms with Gasteiger partial charge in [-0.1, -0.05) is 160 Å². The smallest absolute Gasteiger partial charge is 0.268 e. The number of fused-ring (bicyclic) bond motifs is 7. The van der Waals surface area contributed by atoms with E-state index in [0.717, 1.165) is 49.7 Å². The van der Waals surface area contributed by atoms with E-state index in [1.807, 2.05) is 109 Å². The molecule has 6 nitrogen and oxygen atoms in total. The molecule has 0 aliphatic heterocycles. The van der Waals surface area contributed by atoms with Crippen molar-refractivity contribution in [2.45, 2.75) is 26.2 Å². The standard InChI is InChI=1S/C64H44N4O2.Pt/c1-64(2,3)46-33-34-65-62(36-46)68-56-28-14-13-25-52(56)53-31-30-49(38-57(53)68)69-48-24-15-23-47(37-48)66-41-67(63-50(43-19-9-5-10-20-43)26-16-27-51(63)44-21-11-6-12-22-44)58-39-55-54-35-45(42-17-7-4-8-18-42)29-32-60(54)70-61(55)40-59(58)66;/h4-36,39-40H,1-3H3;/q-2;/i5D,6D,9D,10D,11D,12D,19D,20D,21D,22D;. The predicted molar refractivity (Wildman–Crippen MR) is 282 cm³/mol. The molecule has 0 radical (unpaired) electrons. The average Bonchev–Trinajstić information content (AvgIpc) is 4.34. The number of aromatic nitrogens is 4. The van der Waals surface area contributed by atoms with Gasteiger partial charge in [-0.3, -0.25) is 4.57 Å². The second-order valence-electron chi connectivity index (χ2n) is 18.1. The van der Waals surface area contributed by atoms with Crippen molar-refractivity contribution in [2.24, 2.45) is 0 Å². The molecule has 0 saturated heterocycles. The molecule has 0 aliphatic carbocycles. The minimum Gasteiger partial charge on any atom is -0.510 e. The Labute approximate surface area is 440 Å². The average molecular weight is 1110 g/mol. The first-order chi connectivity index (χ1) is 38.5. The molecule has 0 aliphatic rings. The number of hydrogen-bond acceptors (Lipinski definition) is 3. The molecule has 4 aromatic heterocycles. The molecule has 0 bridgehead atoms. The molecule has 4 heterocycles. The Morgan fingerprint density at radius 3 is 2.04 bits per heavy atom. The first kappa shape index (κ1) is 34.1. The molecule has 344 valence electrons. The number of nitrogens with zero attached hydrogens (tertiary/aromatic N) is 4. The summed E-state index contributed by atoms with van der Waals surface area (Å²) in [5, 5.41) is 3.49. The summed E-state index contributed by atoms with van der Waals surface area (Å²) in [5.74, 6) is 1.48. The number of imidazole rings is 1. The van der Waals surface area contributed by atoms with E-state index >= 15 is 0 Å². The molecule has 0 amide bonds. The van der Waals surface area contributed by atoms with E-state index in [-0.39, 0.29) is 54.4 Å². The van der Waals surface area contributed by atoms with Crippen LogP contribution in [0.1, 0.15) is 40.0 Å². The summed E-state index contributed by atoms with van der Waals surface area (Å²) in [6.45, 7) is 6.50. The van der Waals surface area contributed by atoms with E-state index < -0.39 is 60.4 Å². The Morgan fingerprint density at radius 1 is 0.577 bits per heavy atom. The van der Waals surface area contributed by atoms with E-state index in [9.17, 15) is 5.48 Å². The Kier molecular flexibility index (Phi) is 8.43. The maximum Gasteiger partial charge on any atom is 0.268 e. The maximum absolute atomic E-state index is 9.24. The van der Waals surface area contributed by atoms with Gasteiger partial charge >= 0.3 is 0 Å². The molecule has 0 unspecified atom stereocenters. The van der Waals surface area contributed by atoms with Crippen molar-refractivity contribution in [3.8, 4) is 62.1 Å². The molecule has 13 rings (SSSR count). The van der Waals surface area contributed by atoms with Crippen molar-refractivity contribution < 1.29 is 48.5 Å². The van der Waals surface area contributed by atoms with Gasteiger partial charge in [-0.25, -0.2) is 4.98 Å². The Hall–Kier alpha value is -8.31. The van der Waals surface area contributed by atoms with Crippen LogP contribution in [0.25, 0.3) is 105 Å². The quantitative estimate of drug-likeness (QED) is 0.113. The van der Waals surface area contributed by atoms with Crippen molar-refractivity contribution in [1.82, 2.24) is 14.1 Å². The summed E-state index contributed by atoms with van der Waals surface area (Å²) in [4.78, 5) is 4.83. The Bertz CT molecular complexity index is 4610. The molecule has 13 aromatic rings. The predicted octanol–water partition coefficient (Wildman–Crippen LogP) is 15.8. The van der Waals surface area contributed by atoms with Crippen LogP contribution in [-0.4, -0.2) is 14.1 Å². The van der Waals surface area contributed by atoms with E-state index in [4.69, 9.17) is 22.4 Å². The van der Waals surface area contributed by atoms with Gasteiger partial charge in [0, 0.05) is 55.1 Å². The van der Waals surface area contributed by atoms with Crippen LogP contribution in [0.5, 0.6) is 11.5 Å². The molecule has 9 aromatic carbocycles. The van der Waals surface area contributed by atoms with Crippen molar-refractivity contribution >= 4 is 54.8 Å². The van der Waals surface area contributed by atoms with Crippen molar-refractivity contribution in [3.05, 3.63) is 236 Å². The van der Waals surface area contributed by atoms with Crippen LogP contribution in [-0.2, 0) is 26.5 Å². The molecular formula is C64H44N4O2Pt-2. The zero-order valence-corrected chi connectivity index (χ0v) is 40.6. The second-order valence-corrected chi connectivity index (χ2v) is 18.1. The summed E-state index contributed by atoms with van der Waals surface area (Å²) < 4.78 is 108. The normalized spacial score (nSPS) is 13.7. The molecule has 71 heavy (non-hydrogen) atoms. The molecule has 0 spiro atoms. The summed E-state index contributed by atoms with van der Waals surface area (Å²) in [7, 11) is 0. The molecule has 7 heteroatoms. The number of hydrogen-bond donors (Lipinski definition) is 0. The topological polar surface area (TPSA) is 49.0 Å². The fourth-order valence-corrected chi connectivity index (χ4v) is 9.41. The van der Waals surface area contributed by atoms with Gasteiger partial charge in [0.05, 0.1) is 30.4 Å². The fourth-order valence-electron chi connectivity index (χ4n) is 9.41. The van der Waals surface area contributed by atoms with Crippen LogP contribution < -0.4 is 9.30 Å². The SMILES string of the molecule is [2H]c1c([2H])c([2H])c(-c2cccc(-c3c([2H])c([2H])c([2H])c([2H])c3[2H])c2-[n+]2[c-]n(-c3[c-]c(Oc4[c-]c5c(cc4)c4ccccc4n5-c4cc(C(C)(C)C)ccn4)ccc3)c3cc4oc5ccc(-c6ccccc6)cc5c4cc32)c([2H])c1[2H].[Pt]. The Balaban J connectivity index is 0.00000651. The third kappa shape index (κ3) is 7.72. The first-order valence-electron chi connectivity index (χ1n) is 27.8. The van der Waals surface area contributed by atoms with Gasteiger partial charge in [0.25, 0.3) is 6.33 Å². The van der Waals surface area contributed by atoms with E-state index in [2.05, 4.69) is 62.0 Å². The van der Waals surface area contributed by atoms with Gasteiger partial charge in [0.1, 0.15) is 17.0 Å². The van der Waals surface area contributed by atoms with Crippen molar-refractivity contribution in [3.63, 3.8) is 0 Å². The van der Waals surface area contributed by atoms with E-state index in [0.29, 0.717) is 44.8 Å². The number of furan rings is 1. The van der Waals surface area contributed by atoms with Gasteiger partial charge in [-0.15, -0.1) is 29.7 Å². The number of ether oxygens (including phenoxy) is 1. The van der Waals surface area contributed by atoms with Crippen LogP contribution >= 0.6 is 0 Å². The van der Waals surface area contributed by atoms with Gasteiger partial charge in [-0.05, 0) is 97.9 Å². The Morgan fingerprint density at radius 2 is 1.28 bits per heavy atom. The number of benzene rings is 9. The zero-order valence-electron chi connectivity index (χ0n) is 48.4. The number of rotatable bonds is 8. The third-order valence-electron chi connectivity index (χ3n) is 12.8. The zero-order chi connectivity index (χ0) is 55.6. The maximum atomic E-state index is 9.24. The van der Waals surface area contributed by atoms with Gasteiger partial charge in [0.15, 0.2) is 0 Å². The number of pyridine rings is 1. The van der Waals surface area contributed by atoms with Gasteiger partial charge in [0.2, 0.25) is 0 Å². The van der Waals surface area contributed by atoms with Crippen LogP contribution in [0.2, 0.25) is 0 Å². The van der Waals surface area contributed by atoms with Crippen molar-refractivity contribution in [1.29, 1.82) is 0 Å². The first-order valence-corrected chi connectivity index (χ1v) is 22.8. The minimum absolute atomic E-state index is 0. The van der Waals surface area contributed by atoms with Crippen LogP contribution in [0.4, 0.5) is 0 Å². The fraction of sp³-hybridized carbons (Fsp3) is 0.0625.